The molecule has 24 heavy (non-hydrogen) atoms. The van der Waals surface area contributed by atoms with E-state index < -0.39 is 0 Å². The SMILES string of the molecule is O=C(NC1CCOC2(CCOCC2)C1)c1ccc2ncccc2c1. The van der Waals surface area contributed by atoms with Crippen LogP contribution < -0.4 is 5.32 Å². The fourth-order valence-corrected chi connectivity index (χ4v) is 3.73. The molecule has 1 aromatic heterocycles. The molecule has 1 unspecified atom stereocenters. The van der Waals surface area contributed by atoms with Crippen LogP contribution in [0.3, 0.4) is 0 Å². The van der Waals surface area contributed by atoms with Gasteiger partial charge in [-0.1, -0.05) is 6.07 Å². The maximum atomic E-state index is 12.6. The Hall–Kier alpha value is -1.98. The van der Waals surface area contributed by atoms with Crippen LogP contribution in [0.1, 0.15) is 36.0 Å². The van der Waals surface area contributed by atoms with E-state index in [0.717, 1.165) is 49.8 Å². The minimum absolute atomic E-state index is 0.0186. The summed E-state index contributed by atoms with van der Waals surface area (Å²) in [7, 11) is 0. The van der Waals surface area contributed by atoms with Crippen LogP contribution in [0.2, 0.25) is 0 Å². The quantitative estimate of drug-likeness (QED) is 0.922. The number of nitrogens with one attached hydrogen (secondary N) is 1. The Morgan fingerprint density at radius 2 is 2.08 bits per heavy atom. The second-order valence-corrected chi connectivity index (χ2v) is 6.72. The van der Waals surface area contributed by atoms with Gasteiger partial charge in [0.25, 0.3) is 5.91 Å². The van der Waals surface area contributed by atoms with Gasteiger partial charge in [-0.15, -0.1) is 0 Å². The highest BCUT2D eigenvalue weighted by atomic mass is 16.5. The Bertz CT molecular complexity index is 735. The largest absolute Gasteiger partial charge is 0.381 e. The van der Waals surface area contributed by atoms with E-state index in [4.69, 9.17) is 9.47 Å². The molecule has 1 spiro atoms. The fourth-order valence-electron chi connectivity index (χ4n) is 3.73. The van der Waals surface area contributed by atoms with Crippen LogP contribution in [0.15, 0.2) is 36.5 Å². The van der Waals surface area contributed by atoms with Crippen LogP contribution in [-0.2, 0) is 9.47 Å². The summed E-state index contributed by atoms with van der Waals surface area (Å²) >= 11 is 0. The number of hydrogen-bond donors (Lipinski definition) is 1. The Balaban J connectivity index is 1.46. The molecule has 5 nitrogen and oxygen atoms in total. The maximum absolute atomic E-state index is 12.6. The molecule has 2 aliphatic heterocycles. The molecule has 0 bridgehead atoms. The first-order valence-electron chi connectivity index (χ1n) is 8.62. The molecule has 0 saturated carbocycles. The highest BCUT2D eigenvalue weighted by Crippen LogP contribution is 2.34. The van der Waals surface area contributed by atoms with E-state index in [2.05, 4.69) is 10.3 Å². The summed E-state index contributed by atoms with van der Waals surface area (Å²) in [6, 6.07) is 9.67. The second-order valence-electron chi connectivity index (χ2n) is 6.72. The van der Waals surface area contributed by atoms with Crippen molar-refractivity contribution in [2.24, 2.45) is 0 Å². The average molecular weight is 326 g/mol. The van der Waals surface area contributed by atoms with Gasteiger partial charge >= 0.3 is 0 Å². The number of ether oxygens (including phenoxy) is 2. The molecule has 4 rings (SSSR count). The van der Waals surface area contributed by atoms with Crippen LogP contribution in [0, 0.1) is 0 Å². The highest BCUT2D eigenvalue weighted by molar-refractivity contribution is 5.98. The first-order valence-corrected chi connectivity index (χ1v) is 8.62. The number of nitrogens with zero attached hydrogens (tertiary/aromatic N) is 1. The highest BCUT2D eigenvalue weighted by Gasteiger charge is 2.39. The predicted octanol–water partition coefficient (Wildman–Crippen LogP) is 2.69. The maximum Gasteiger partial charge on any atom is 0.251 e. The van der Waals surface area contributed by atoms with Gasteiger partial charge in [-0.25, -0.2) is 0 Å². The van der Waals surface area contributed by atoms with Crippen molar-refractivity contribution in [3.8, 4) is 0 Å². The molecule has 2 aromatic rings. The first-order chi connectivity index (χ1) is 11.7. The third-order valence-electron chi connectivity index (χ3n) is 5.10. The van der Waals surface area contributed by atoms with E-state index in [1.807, 2.05) is 30.3 Å². The molecular weight excluding hydrogens is 304 g/mol. The normalized spacial score (nSPS) is 23.2. The van der Waals surface area contributed by atoms with Gasteiger partial charge in [0, 0.05) is 43.0 Å². The zero-order chi connectivity index (χ0) is 16.4. The summed E-state index contributed by atoms with van der Waals surface area (Å²) in [4.78, 5) is 16.9. The van der Waals surface area contributed by atoms with Crippen LogP contribution >= 0.6 is 0 Å². The summed E-state index contributed by atoms with van der Waals surface area (Å²) in [5.41, 5.74) is 1.48. The van der Waals surface area contributed by atoms with E-state index in [0.29, 0.717) is 12.2 Å². The Morgan fingerprint density at radius 3 is 2.96 bits per heavy atom. The molecule has 0 radical (unpaired) electrons. The van der Waals surface area contributed by atoms with Crippen molar-refractivity contribution in [2.75, 3.05) is 19.8 Å². The van der Waals surface area contributed by atoms with Gasteiger partial charge in [0.15, 0.2) is 0 Å². The summed E-state index contributed by atoms with van der Waals surface area (Å²) < 4.78 is 11.5. The smallest absolute Gasteiger partial charge is 0.251 e. The lowest BCUT2D eigenvalue weighted by Gasteiger charge is -2.43. The van der Waals surface area contributed by atoms with E-state index >= 15 is 0 Å². The first kappa shape index (κ1) is 15.5. The molecule has 1 amide bonds. The summed E-state index contributed by atoms with van der Waals surface area (Å²) in [6.45, 7) is 2.20. The Kier molecular flexibility index (Phi) is 4.21. The van der Waals surface area contributed by atoms with Gasteiger partial charge in [0.1, 0.15) is 0 Å². The molecule has 3 heterocycles. The van der Waals surface area contributed by atoms with Gasteiger partial charge in [-0.3, -0.25) is 9.78 Å². The van der Waals surface area contributed by atoms with Crippen LogP contribution in [-0.4, -0.2) is 42.4 Å². The van der Waals surface area contributed by atoms with Crippen molar-refractivity contribution >= 4 is 16.8 Å². The number of carbonyl (C=O) groups is 1. The van der Waals surface area contributed by atoms with Crippen molar-refractivity contribution < 1.29 is 14.3 Å². The Labute approximate surface area is 141 Å². The lowest BCUT2D eigenvalue weighted by atomic mass is 9.84. The van der Waals surface area contributed by atoms with Crippen molar-refractivity contribution in [3.63, 3.8) is 0 Å². The molecule has 1 aromatic carbocycles. The van der Waals surface area contributed by atoms with Crippen molar-refractivity contribution in [1.29, 1.82) is 0 Å². The molecular formula is C19H22N2O3. The van der Waals surface area contributed by atoms with Gasteiger partial charge in [0.2, 0.25) is 0 Å². The lowest BCUT2D eigenvalue weighted by molar-refractivity contribution is -0.139. The number of hydrogen-bond acceptors (Lipinski definition) is 4. The number of rotatable bonds is 2. The van der Waals surface area contributed by atoms with Crippen molar-refractivity contribution in [2.45, 2.75) is 37.3 Å². The molecule has 126 valence electrons. The second kappa shape index (κ2) is 6.49. The number of amides is 1. The van der Waals surface area contributed by atoms with Gasteiger partial charge in [-0.2, -0.15) is 0 Å². The molecule has 2 fully saturated rings. The van der Waals surface area contributed by atoms with E-state index in [1.54, 1.807) is 6.20 Å². The Morgan fingerprint density at radius 1 is 1.21 bits per heavy atom. The van der Waals surface area contributed by atoms with Crippen LogP contribution in [0.5, 0.6) is 0 Å². The minimum Gasteiger partial charge on any atom is -0.381 e. The molecule has 1 atom stereocenters. The number of fused-ring (bicyclic) bond motifs is 1. The lowest BCUT2D eigenvalue weighted by Crippen LogP contribution is -2.51. The average Bonchev–Trinajstić information content (AvgIpc) is 2.62. The minimum atomic E-state index is -0.109. The number of aromatic nitrogens is 1. The number of benzene rings is 1. The van der Waals surface area contributed by atoms with Gasteiger partial charge in [-0.05, 0) is 49.9 Å². The topological polar surface area (TPSA) is 60.5 Å². The van der Waals surface area contributed by atoms with Crippen molar-refractivity contribution in [3.05, 3.63) is 42.1 Å². The molecule has 1 N–H and O–H groups in total. The number of pyridine rings is 1. The van der Waals surface area contributed by atoms with Crippen LogP contribution in [0.25, 0.3) is 10.9 Å². The third kappa shape index (κ3) is 3.14. The molecule has 2 aliphatic rings. The van der Waals surface area contributed by atoms with E-state index in [-0.39, 0.29) is 17.6 Å². The van der Waals surface area contributed by atoms with Crippen LogP contribution in [0.4, 0.5) is 0 Å². The molecule has 0 aliphatic carbocycles. The third-order valence-corrected chi connectivity index (χ3v) is 5.10. The summed E-state index contributed by atoms with van der Waals surface area (Å²) in [5, 5.41) is 4.18. The summed E-state index contributed by atoms with van der Waals surface area (Å²) in [6.07, 6.45) is 5.33. The van der Waals surface area contributed by atoms with Gasteiger partial charge in [0.05, 0.1) is 11.1 Å². The molecule has 2 saturated heterocycles. The zero-order valence-electron chi connectivity index (χ0n) is 13.7. The zero-order valence-corrected chi connectivity index (χ0v) is 13.7. The molecule has 5 heteroatoms. The monoisotopic (exact) mass is 326 g/mol. The number of carbonyl (C=O) groups excluding carboxylic acids is 1. The predicted molar refractivity (Wildman–Crippen MR) is 91.0 cm³/mol. The van der Waals surface area contributed by atoms with Gasteiger partial charge < -0.3 is 14.8 Å². The summed E-state index contributed by atoms with van der Waals surface area (Å²) in [5.74, 6) is -0.0186. The van der Waals surface area contributed by atoms with E-state index in [1.165, 1.54) is 0 Å². The fraction of sp³-hybridized carbons (Fsp3) is 0.474. The van der Waals surface area contributed by atoms with Crippen molar-refractivity contribution in [1.82, 2.24) is 10.3 Å². The van der Waals surface area contributed by atoms with E-state index in [9.17, 15) is 4.79 Å². The standard InChI is InChI=1S/C19H22N2O3/c22-18(15-3-4-17-14(12-15)2-1-8-20-17)21-16-5-9-24-19(13-16)6-10-23-11-7-19/h1-4,8,12,16H,5-7,9-11,13H2,(H,21,22).